The fourth-order valence-corrected chi connectivity index (χ4v) is 2.35. The van der Waals surface area contributed by atoms with Gasteiger partial charge in [0.15, 0.2) is 0 Å². The van der Waals surface area contributed by atoms with Crippen LogP contribution in [0.4, 0.5) is 0 Å². The number of piperazine rings is 1. The van der Waals surface area contributed by atoms with Crippen LogP contribution in [0, 0.1) is 6.92 Å². The predicted octanol–water partition coefficient (Wildman–Crippen LogP) is 0.783. The topological polar surface area (TPSA) is 86.7 Å². The summed E-state index contributed by atoms with van der Waals surface area (Å²) >= 11 is 3.33. The third-order valence-corrected chi connectivity index (χ3v) is 4.00. The third kappa shape index (κ3) is 2.82. The van der Waals surface area contributed by atoms with Gasteiger partial charge in [0.25, 0.3) is 5.91 Å². The summed E-state index contributed by atoms with van der Waals surface area (Å²) in [5, 5.41) is 11.6. The van der Waals surface area contributed by atoms with Crippen molar-refractivity contribution < 1.29 is 19.5 Å². The third-order valence-electron chi connectivity index (χ3n) is 3.15. The zero-order valence-electron chi connectivity index (χ0n) is 10.7. The molecule has 1 saturated heterocycles. The van der Waals surface area contributed by atoms with E-state index in [0.29, 0.717) is 5.56 Å². The van der Waals surface area contributed by atoms with Crippen molar-refractivity contribution in [3.05, 3.63) is 33.8 Å². The van der Waals surface area contributed by atoms with E-state index in [9.17, 15) is 14.4 Å². The average molecular weight is 341 g/mol. The summed E-state index contributed by atoms with van der Waals surface area (Å²) in [5.74, 6) is -1.96. The van der Waals surface area contributed by atoms with Crippen LogP contribution in [-0.4, -0.2) is 46.9 Å². The Morgan fingerprint density at radius 1 is 1.45 bits per heavy atom. The van der Waals surface area contributed by atoms with Crippen molar-refractivity contribution in [2.75, 3.05) is 13.1 Å². The fraction of sp³-hybridized carbons (Fsp3) is 0.308. The molecule has 1 aromatic carbocycles. The van der Waals surface area contributed by atoms with Crippen molar-refractivity contribution in [3.63, 3.8) is 0 Å². The van der Waals surface area contributed by atoms with E-state index in [2.05, 4.69) is 21.2 Å². The van der Waals surface area contributed by atoms with Gasteiger partial charge in [-0.1, -0.05) is 22.0 Å². The molecule has 0 spiro atoms. The highest BCUT2D eigenvalue weighted by atomic mass is 79.9. The predicted molar refractivity (Wildman–Crippen MR) is 74.3 cm³/mol. The quantitative estimate of drug-likeness (QED) is 0.832. The number of carbonyl (C=O) groups is 3. The van der Waals surface area contributed by atoms with Crippen LogP contribution < -0.4 is 5.32 Å². The van der Waals surface area contributed by atoms with Gasteiger partial charge in [0.1, 0.15) is 12.6 Å². The molecule has 20 heavy (non-hydrogen) atoms. The van der Waals surface area contributed by atoms with Crippen LogP contribution in [0.2, 0.25) is 0 Å². The number of aryl methyl sites for hydroxylation is 1. The standard InChI is InChI=1S/C13H13BrN2O4/c1-7-2-3-8(4-9(7)14)12(18)16-6-11(17)15-5-10(16)13(19)20/h2-4,10H,5-6H2,1H3,(H,15,17)(H,19,20). The van der Waals surface area contributed by atoms with Crippen molar-refractivity contribution in [2.45, 2.75) is 13.0 Å². The minimum Gasteiger partial charge on any atom is -0.480 e. The first-order valence-electron chi connectivity index (χ1n) is 5.97. The first-order chi connectivity index (χ1) is 9.40. The van der Waals surface area contributed by atoms with Crippen molar-refractivity contribution in [1.29, 1.82) is 0 Å². The Bertz CT molecular complexity index is 588. The lowest BCUT2D eigenvalue weighted by atomic mass is 10.1. The zero-order chi connectivity index (χ0) is 14.9. The number of carboxylic acids is 1. The molecule has 1 aliphatic rings. The van der Waals surface area contributed by atoms with Gasteiger partial charge < -0.3 is 15.3 Å². The van der Waals surface area contributed by atoms with E-state index in [-0.39, 0.29) is 19.0 Å². The molecule has 0 aliphatic carbocycles. The Hall–Kier alpha value is -1.89. The van der Waals surface area contributed by atoms with Gasteiger partial charge in [0, 0.05) is 16.6 Å². The summed E-state index contributed by atoms with van der Waals surface area (Å²) in [6.45, 7) is 1.56. The second-order valence-electron chi connectivity index (χ2n) is 4.56. The molecule has 0 radical (unpaired) electrons. The van der Waals surface area contributed by atoms with Gasteiger partial charge >= 0.3 is 5.97 Å². The number of amides is 2. The molecule has 2 rings (SSSR count). The monoisotopic (exact) mass is 340 g/mol. The van der Waals surface area contributed by atoms with Crippen LogP contribution >= 0.6 is 15.9 Å². The molecule has 1 aromatic rings. The lowest BCUT2D eigenvalue weighted by Gasteiger charge is -2.32. The molecule has 106 valence electrons. The maximum atomic E-state index is 12.4. The molecule has 1 unspecified atom stereocenters. The highest BCUT2D eigenvalue weighted by molar-refractivity contribution is 9.10. The molecule has 1 fully saturated rings. The average Bonchev–Trinajstić information content (AvgIpc) is 2.40. The first kappa shape index (κ1) is 14.5. The van der Waals surface area contributed by atoms with E-state index in [1.54, 1.807) is 18.2 Å². The lowest BCUT2D eigenvalue weighted by Crippen LogP contribution is -2.59. The zero-order valence-corrected chi connectivity index (χ0v) is 12.3. The number of carbonyl (C=O) groups excluding carboxylic acids is 2. The molecule has 1 atom stereocenters. The largest absolute Gasteiger partial charge is 0.480 e. The Balaban J connectivity index is 2.31. The number of nitrogens with zero attached hydrogens (tertiary/aromatic N) is 1. The first-order valence-corrected chi connectivity index (χ1v) is 6.76. The van der Waals surface area contributed by atoms with Crippen molar-refractivity contribution >= 4 is 33.7 Å². The highest BCUT2D eigenvalue weighted by Crippen LogP contribution is 2.20. The van der Waals surface area contributed by atoms with E-state index >= 15 is 0 Å². The van der Waals surface area contributed by atoms with Gasteiger partial charge in [0.05, 0.1) is 0 Å². The Kier molecular flexibility index (Phi) is 4.08. The van der Waals surface area contributed by atoms with E-state index in [4.69, 9.17) is 5.11 Å². The van der Waals surface area contributed by atoms with Crippen LogP contribution in [0.3, 0.4) is 0 Å². The molecule has 6 nitrogen and oxygen atoms in total. The maximum Gasteiger partial charge on any atom is 0.328 e. The number of carboxylic acid groups (broad SMARTS) is 1. The number of rotatable bonds is 2. The number of halogens is 1. The summed E-state index contributed by atoms with van der Waals surface area (Å²) in [5.41, 5.74) is 1.32. The van der Waals surface area contributed by atoms with Crippen molar-refractivity contribution in [1.82, 2.24) is 10.2 Å². The molecular weight excluding hydrogens is 328 g/mol. The van der Waals surface area contributed by atoms with Crippen LogP contribution in [0.5, 0.6) is 0 Å². The second kappa shape index (κ2) is 5.62. The van der Waals surface area contributed by atoms with E-state index < -0.39 is 17.9 Å². The Labute approximate surface area is 123 Å². The van der Waals surface area contributed by atoms with Gasteiger partial charge in [-0.2, -0.15) is 0 Å². The van der Waals surface area contributed by atoms with Crippen molar-refractivity contribution in [2.24, 2.45) is 0 Å². The number of hydrogen-bond acceptors (Lipinski definition) is 3. The van der Waals surface area contributed by atoms with Crippen LogP contribution in [0.1, 0.15) is 15.9 Å². The molecule has 0 bridgehead atoms. The lowest BCUT2D eigenvalue weighted by molar-refractivity contribution is -0.144. The summed E-state index contributed by atoms with van der Waals surface area (Å²) in [6, 6.07) is 3.97. The number of aliphatic carboxylic acids is 1. The summed E-state index contributed by atoms with van der Waals surface area (Å²) in [7, 11) is 0. The Morgan fingerprint density at radius 3 is 2.75 bits per heavy atom. The molecule has 7 heteroatoms. The van der Waals surface area contributed by atoms with Gasteiger partial charge in [-0.3, -0.25) is 9.59 Å². The van der Waals surface area contributed by atoms with E-state index in [0.717, 1.165) is 14.9 Å². The molecule has 0 saturated carbocycles. The SMILES string of the molecule is Cc1ccc(C(=O)N2CC(=O)NCC2C(=O)O)cc1Br. The van der Waals surface area contributed by atoms with E-state index in [1.807, 2.05) is 6.92 Å². The summed E-state index contributed by atoms with van der Waals surface area (Å²) < 4.78 is 0.761. The summed E-state index contributed by atoms with van der Waals surface area (Å²) in [6.07, 6.45) is 0. The molecule has 1 aliphatic heterocycles. The highest BCUT2D eigenvalue weighted by Gasteiger charge is 2.35. The smallest absolute Gasteiger partial charge is 0.328 e. The Morgan fingerprint density at radius 2 is 2.15 bits per heavy atom. The molecule has 2 amide bonds. The number of nitrogens with one attached hydrogen (secondary N) is 1. The fourth-order valence-electron chi connectivity index (χ4n) is 1.97. The normalized spacial score (nSPS) is 18.6. The molecular formula is C13H13BrN2O4. The van der Waals surface area contributed by atoms with Gasteiger partial charge in [-0.25, -0.2) is 4.79 Å². The van der Waals surface area contributed by atoms with Crippen LogP contribution in [0.25, 0.3) is 0 Å². The summed E-state index contributed by atoms with van der Waals surface area (Å²) in [4.78, 5) is 36.0. The van der Waals surface area contributed by atoms with Gasteiger partial charge in [-0.05, 0) is 24.6 Å². The molecule has 2 N–H and O–H groups in total. The molecule has 1 heterocycles. The number of hydrogen-bond donors (Lipinski definition) is 2. The molecule has 0 aromatic heterocycles. The minimum atomic E-state index is -1.13. The second-order valence-corrected chi connectivity index (χ2v) is 5.41. The number of benzene rings is 1. The maximum absolute atomic E-state index is 12.4. The van der Waals surface area contributed by atoms with Gasteiger partial charge in [0.2, 0.25) is 5.91 Å². The van der Waals surface area contributed by atoms with Crippen LogP contribution in [-0.2, 0) is 9.59 Å². The van der Waals surface area contributed by atoms with Crippen molar-refractivity contribution in [3.8, 4) is 0 Å². The van der Waals surface area contributed by atoms with Gasteiger partial charge in [-0.15, -0.1) is 0 Å². The van der Waals surface area contributed by atoms with E-state index in [1.165, 1.54) is 0 Å². The van der Waals surface area contributed by atoms with Crippen LogP contribution in [0.15, 0.2) is 22.7 Å². The minimum absolute atomic E-state index is 0.0765.